The molecule has 0 fully saturated rings. The molecular formula is C9H8ClNO3. The number of carboxylic acids is 1. The highest BCUT2D eigenvalue weighted by molar-refractivity contribution is 6.33. The van der Waals surface area contributed by atoms with Gasteiger partial charge in [0.15, 0.2) is 6.29 Å². The summed E-state index contributed by atoms with van der Waals surface area (Å²) in [6.07, 6.45) is 0.487. The molecule has 0 saturated carbocycles. The number of carbonyl (C=O) groups is 2. The predicted molar refractivity (Wildman–Crippen MR) is 53.3 cm³/mol. The molecule has 0 aliphatic carbocycles. The standard InChI is InChI=1S/C9H8ClNO3/c1-11-8-2-5(4-12)6(9(13)14)3-7(8)10/h2-4,11H,1H3,(H,13,14). The van der Waals surface area contributed by atoms with Crippen molar-refractivity contribution in [1.29, 1.82) is 0 Å². The third-order valence-corrected chi connectivity index (χ3v) is 2.08. The molecule has 0 unspecified atom stereocenters. The number of carboxylic acid groups (broad SMARTS) is 1. The van der Waals surface area contributed by atoms with Gasteiger partial charge in [-0.15, -0.1) is 0 Å². The van der Waals surface area contributed by atoms with E-state index in [-0.39, 0.29) is 16.1 Å². The van der Waals surface area contributed by atoms with E-state index < -0.39 is 5.97 Å². The van der Waals surface area contributed by atoms with E-state index >= 15 is 0 Å². The van der Waals surface area contributed by atoms with Gasteiger partial charge < -0.3 is 10.4 Å². The molecule has 0 saturated heterocycles. The lowest BCUT2D eigenvalue weighted by molar-refractivity contribution is 0.0694. The lowest BCUT2D eigenvalue weighted by Crippen LogP contribution is -2.03. The number of aldehydes is 1. The van der Waals surface area contributed by atoms with Gasteiger partial charge in [0.1, 0.15) is 0 Å². The molecule has 0 spiro atoms. The summed E-state index contributed by atoms with van der Waals surface area (Å²) in [6.45, 7) is 0. The summed E-state index contributed by atoms with van der Waals surface area (Å²) >= 11 is 5.76. The van der Waals surface area contributed by atoms with Crippen molar-refractivity contribution in [3.05, 3.63) is 28.3 Å². The maximum Gasteiger partial charge on any atom is 0.336 e. The monoisotopic (exact) mass is 213 g/mol. The molecule has 0 radical (unpaired) electrons. The SMILES string of the molecule is CNc1cc(C=O)c(C(=O)O)cc1Cl. The molecule has 1 aromatic carbocycles. The van der Waals surface area contributed by atoms with Gasteiger partial charge in [0.25, 0.3) is 0 Å². The zero-order valence-electron chi connectivity index (χ0n) is 7.37. The van der Waals surface area contributed by atoms with Crippen LogP contribution in [0, 0.1) is 0 Å². The van der Waals surface area contributed by atoms with Crippen molar-refractivity contribution in [3.8, 4) is 0 Å². The van der Waals surface area contributed by atoms with Crippen molar-refractivity contribution < 1.29 is 14.7 Å². The molecule has 0 atom stereocenters. The minimum Gasteiger partial charge on any atom is -0.478 e. The smallest absolute Gasteiger partial charge is 0.336 e. The number of benzene rings is 1. The molecule has 14 heavy (non-hydrogen) atoms. The molecule has 1 rings (SSSR count). The van der Waals surface area contributed by atoms with Crippen LogP contribution in [0.25, 0.3) is 0 Å². The van der Waals surface area contributed by atoms with Gasteiger partial charge in [-0.3, -0.25) is 4.79 Å². The molecule has 0 heterocycles. The summed E-state index contributed by atoms with van der Waals surface area (Å²) in [7, 11) is 1.64. The Labute approximate surface area is 85.5 Å². The maximum atomic E-state index is 10.7. The first-order chi connectivity index (χ1) is 6.60. The van der Waals surface area contributed by atoms with E-state index in [1.165, 1.54) is 12.1 Å². The van der Waals surface area contributed by atoms with Crippen molar-refractivity contribution in [2.75, 3.05) is 12.4 Å². The van der Waals surface area contributed by atoms with Crippen molar-refractivity contribution in [2.45, 2.75) is 0 Å². The van der Waals surface area contributed by atoms with E-state index in [1.54, 1.807) is 7.05 Å². The van der Waals surface area contributed by atoms with Gasteiger partial charge in [-0.25, -0.2) is 4.79 Å². The summed E-state index contributed by atoms with van der Waals surface area (Å²) in [5.74, 6) is -1.17. The number of anilines is 1. The normalized spacial score (nSPS) is 9.57. The van der Waals surface area contributed by atoms with Crippen molar-refractivity contribution in [3.63, 3.8) is 0 Å². The third kappa shape index (κ3) is 1.85. The first kappa shape index (κ1) is 10.5. The number of hydrogen-bond donors (Lipinski definition) is 2. The van der Waals surface area contributed by atoms with E-state index in [0.29, 0.717) is 12.0 Å². The average Bonchev–Trinajstić information content (AvgIpc) is 2.17. The summed E-state index contributed by atoms with van der Waals surface area (Å²) in [5.41, 5.74) is 0.536. The quantitative estimate of drug-likeness (QED) is 0.753. The van der Waals surface area contributed by atoms with E-state index in [2.05, 4.69) is 5.32 Å². The van der Waals surface area contributed by atoms with E-state index in [1.807, 2.05) is 0 Å². The Morgan fingerprint density at radius 1 is 1.57 bits per heavy atom. The number of halogens is 1. The molecule has 0 aliphatic heterocycles. The molecule has 0 amide bonds. The first-order valence-corrected chi connectivity index (χ1v) is 4.17. The van der Waals surface area contributed by atoms with E-state index in [0.717, 1.165) is 0 Å². The summed E-state index contributed by atoms with van der Waals surface area (Å²) in [4.78, 5) is 21.3. The molecular weight excluding hydrogens is 206 g/mol. The van der Waals surface area contributed by atoms with Crippen LogP contribution >= 0.6 is 11.6 Å². The minimum absolute atomic E-state index is 0.0935. The third-order valence-electron chi connectivity index (χ3n) is 1.77. The van der Waals surface area contributed by atoms with Crippen LogP contribution in [0.2, 0.25) is 5.02 Å². The number of carbonyl (C=O) groups excluding carboxylic acids is 1. The van der Waals surface area contributed by atoms with Crippen LogP contribution in [0.5, 0.6) is 0 Å². The van der Waals surface area contributed by atoms with Gasteiger partial charge in [0, 0.05) is 12.6 Å². The second kappa shape index (κ2) is 4.11. The fourth-order valence-electron chi connectivity index (χ4n) is 1.06. The summed E-state index contributed by atoms with van der Waals surface area (Å²) in [6, 6.07) is 2.65. The zero-order chi connectivity index (χ0) is 10.7. The van der Waals surface area contributed by atoms with Crippen molar-refractivity contribution in [2.24, 2.45) is 0 Å². The lowest BCUT2D eigenvalue weighted by atomic mass is 10.1. The summed E-state index contributed by atoms with van der Waals surface area (Å²) < 4.78 is 0. The first-order valence-electron chi connectivity index (χ1n) is 3.80. The predicted octanol–water partition coefficient (Wildman–Crippen LogP) is 1.89. The highest BCUT2D eigenvalue weighted by atomic mass is 35.5. The number of aromatic carboxylic acids is 1. The van der Waals surface area contributed by atoms with Crippen LogP contribution < -0.4 is 5.32 Å². The van der Waals surface area contributed by atoms with Gasteiger partial charge in [0.05, 0.1) is 16.3 Å². The lowest BCUT2D eigenvalue weighted by Gasteiger charge is -2.06. The van der Waals surface area contributed by atoms with Crippen LogP contribution in [0.3, 0.4) is 0 Å². The number of nitrogens with one attached hydrogen (secondary N) is 1. The van der Waals surface area contributed by atoms with Crippen LogP contribution in [0.4, 0.5) is 5.69 Å². The van der Waals surface area contributed by atoms with Gasteiger partial charge in [-0.05, 0) is 12.1 Å². The Morgan fingerprint density at radius 3 is 2.64 bits per heavy atom. The molecule has 5 heteroatoms. The molecule has 0 bridgehead atoms. The molecule has 0 aliphatic rings. The Morgan fingerprint density at radius 2 is 2.21 bits per heavy atom. The Hall–Kier alpha value is -1.55. The fourth-order valence-corrected chi connectivity index (χ4v) is 1.32. The van der Waals surface area contributed by atoms with Crippen molar-refractivity contribution in [1.82, 2.24) is 0 Å². The maximum absolute atomic E-state index is 10.7. The number of hydrogen-bond acceptors (Lipinski definition) is 3. The van der Waals surface area contributed by atoms with Gasteiger partial charge in [0.2, 0.25) is 0 Å². The van der Waals surface area contributed by atoms with Crippen LogP contribution in [0.1, 0.15) is 20.7 Å². The topological polar surface area (TPSA) is 66.4 Å². The van der Waals surface area contributed by atoms with E-state index in [4.69, 9.17) is 16.7 Å². The van der Waals surface area contributed by atoms with Gasteiger partial charge >= 0.3 is 5.97 Å². The molecule has 74 valence electrons. The van der Waals surface area contributed by atoms with Crippen LogP contribution in [0.15, 0.2) is 12.1 Å². The average molecular weight is 214 g/mol. The molecule has 2 N–H and O–H groups in total. The highest BCUT2D eigenvalue weighted by Gasteiger charge is 2.12. The van der Waals surface area contributed by atoms with Crippen LogP contribution in [-0.4, -0.2) is 24.4 Å². The summed E-state index contributed by atoms with van der Waals surface area (Å²) in [5, 5.41) is 11.8. The zero-order valence-corrected chi connectivity index (χ0v) is 8.13. The highest BCUT2D eigenvalue weighted by Crippen LogP contribution is 2.25. The molecule has 1 aromatic rings. The number of rotatable bonds is 3. The fraction of sp³-hybridized carbons (Fsp3) is 0.111. The minimum atomic E-state index is -1.17. The Balaban J connectivity index is 3.38. The second-order valence-electron chi connectivity index (χ2n) is 2.59. The molecule has 4 nitrogen and oxygen atoms in total. The Bertz CT molecular complexity index is 390. The van der Waals surface area contributed by atoms with Gasteiger partial charge in [-0.2, -0.15) is 0 Å². The van der Waals surface area contributed by atoms with Crippen LogP contribution in [-0.2, 0) is 0 Å². The van der Waals surface area contributed by atoms with Gasteiger partial charge in [-0.1, -0.05) is 11.6 Å². The largest absolute Gasteiger partial charge is 0.478 e. The van der Waals surface area contributed by atoms with Crippen molar-refractivity contribution >= 4 is 29.5 Å². The molecule has 0 aromatic heterocycles. The Kier molecular flexibility index (Phi) is 3.09. The van der Waals surface area contributed by atoms with E-state index in [9.17, 15) is 9.59 Å². The second-order valence-corrected chi connectivity index (χ2v) is 3.00.